The maximum Gasteiger partial charge on any atom is 0.306 e. The monoisotopic (exact) mass is 331 g/mol. The molecule has 1 aromatic carbocycles. The van der Waals surface area contributed by atoms with Crippen LogP contribution in [0.1, 0.15) is 42.5 Å². The molecule has 1 fully saturated rings. The van der Waals surface area contributed by atoms with Gasteiger partial charge in [-0.15, -0.1) is 0 Å². The van der Waals surface area contributed by atoms with Gasteiger partial charge in [0.05, 0.1) is 12.0 Å². The number of allylic oxidation sites excluding steroid dienone is 2. The van der Waals surface area contributed by atoms with Crippen LogP contribution in [0.2, 0.25) is 0 Å². The van der Waals surface area contributed by atoms with Crippen LogP contribution in [0.25, 0.3) is 0 Å². The molecule has 1 aliphatic heterocycles. The second-order valence-electron chi connectivity index (χ2n) is 6.43. The predicted octanol–water partition coefficient (Wildman–Crippen LogP) is 3.33. The number of rotatable bonds is 4. The van der Waals surface area contributed by atoms with Gasteiger partial charge in [0.2, 0.25) is 0 Å². The molecule has 0 saturated carbocycles. The molecule has 2 aliphatic rings. The normalized spacial score (nSPS) is 21.0. The van der Waals surface area contributed by atoms with Crippen molar-refractivity contribution in [2.45, 2.75) is 38.2 Å². The van der Waals surface area contributed by atoms with Crippen molar-refractivity contribution < 1.29 is 18.7 Å². The molecule has 0 unspecified atom stereocenters. The molecule has 24 heavy (non-hydrogen) atoms. The van der Waals surface area contributed by atoms with Crippen LogP contribution in [0, 0.1) is 11.7 Å². The molecule has 0 aromatic heterocycles. The van der Waals surface area contributed by atoms with E-state index in [4.69, 9.17) is 4.74 Å². The maximum absolute atomic E-state index is 13.7. The second-order valence-corrected chi connectivity index (χ2v) is 6.43. The van der Waals surface area contributed by atoms with E-state index in [1.807, 2.05) is 0 Å². The van der Waals surface area contributed by atoms with Crippen LogP contribution in [0.15, 0.2) is 36.4 Å². The fourth-order valence-electron chi connectivity index (χ4n) is 3.30. The van der Waals surface area contributed by atoms with Crippen LogP contribution in [-0.4, -0.2) is 36.0 Å². The molecule has 1 aliphatic carbocycles. The van der Waals surface area contributed by atoms with Crippen molar-refractivity contribution in [1.82, 2.24) is 4.90 Å². The van der Waals surface area contributed by atoms with Gasteiger partial charge in [-0.2, -0.15) is 0 Å². The Morgan fingerprint density at radius 3 is 2.58 bits per heavy atom. The van der Waals surface area contributed by atoms with Crippen LogP contribution in [-0.2, 0) is 9.53 Å². The molecule has 0 bridgehead atoms. The fourth-order valence-corrected chi connectivity index (χ4v) is 3.30. The summed E-state index contributed by atoms with van der Waals surface area (Å²) in [6.07, 6.45) is 7.73. The summed E-state index contributed by atoms with van der Waals surface area (Å²) in [5, 5.41) is 0. The van der Waals surface area contributed by atoms with Gasteiger partial charge in [0.1, 0.15) is 11.9 Å². The summed E-state index contributed by atoms with van der Waals surface area (Å²) in [5.74, 6) is -0.653. The Bertz CT molecular complexity index is 635. The van der Waals surface area contributed by atoms with E-state index in [-0.39, 0.29) is 23.5 Å². The molecule has 128 valence electrons. The summed E-state index contributed by atoms with van der Waals surface area (Å²) in [4.78, 5) is 25.9. The first-order valence-electron chi connectivity index (χ1n) is 8.53. The minimum absolute atomic E-state index is 0.0981. The number of benzene rings is 1. The lowest BCUT2D eigenvalue weighted by molar-refractivity contribution is -0.151. The maximum atomic E-state index is 13.7. The number of likely N-dealkylation sites (tertiary alicyclic amines) is 1. The summed E-state index contributed by atoms with van der Waals surface area (Å²) < 4.78 is 19.2. The van der Waals surface area contributed by atoms with Crippen molar-refractivity contribution >= 4 is 11.9 Å². The van der Waals surface area contributed by atoms with Gasteiger partial charge in [0.25, 0.3) is 5.91 Å². The Kier molecular flexibility index (Phi) is 5.28. The van der Waals surface area contributed by atoms with Gasteiger partial charge in [-0.3, -0.25) is 9.59 Å². The van der Waals surface area contributed by atoms with Crippen LogP contribution < -0.4 is 0 Å². The summed E-state index contributed by atoms with van der Waals surface area (Å²) in [6.45, 7) is 0.961. The van der Waals surface area contributed by atoms with Gasteiger partial charge < -0.3 is 9.64 Å². The average Bonchev–Trinajstić information content (AvgIpc) is 3.08. The lowest BCUT2D eigenvalue weighted by Gasteiger charge is -2.32. The van der Waals surface area contributed by atoms with Crippen LogP contribution in [0.3, 0.4) is 0 Å². The number of ether oxygens (including phenoxy) is 1. The Hall–Kier alpha value is -2.17. The first-order valence-corrected chi connectivity index (χ1v) is 8.53. The minimum atomic E-state index is -0.499. The quantitative estimate of drug-likeness (QED) is 0.628. The molecule has 1 saturated heterocycles. The number of hydrogen-bond acceptors (Lipinski definition) is 3. The summed E-state index contributed by atoms with van der Waals surface area (Å²) in [5.41, 5.74) is 0.0981. The topological polar surface area (TPSA) is 46.6 Å². The highest BCUT2D eigenvalue weighted by Gasteiger charge is 2.27. The molecule has 0 N–H and O–H groups in total. The average molecular weight is 331 g/mol. The van der Waals surface area contributed by atoms with Crippen molar-refractivity contribution in [1.29, 1.82) is 0 Å². The summed E-state index contributed by atoms with van der Waals surface area (Å²) in [6, 6.07) is 6.01. The number of nitrogens with zero attached hydrogens (tertiary/aromatic N) is 1. The molecule has 1 amide bonds. The van der Waals surface area contributed by atoms with Gasteiger partial charge in [0.15, 0.2) is 0 Å². The van der Waals surface area contributed by atoms with Crippen molar-refractivity contribution in [3.8, 4) is 0 Å². The van der Waals surface area contributed by atoms with Crippen molar-refractivity contribution in [2.75, 3.05) is 13.1 Å². The summed E-state index contributed by atoms with van der Waals surface area (Å²) >= 11 is 0. The Balaban J connectivity index is 1.47. The molecule has 1 aromatic rings. The molecule has 4 nitrogen and oxygen atoms in total. The Morgan fingerprint density at radius 2 is 1.92 bits per heavy atom. The minimum Gasteiger partial charge on any atom is -0.462 e. The van der Waals surface area contributed by atoms with Crippen LogP contribution >= 0.6 is 0 Å². The van der Waals surface area contributed by atoms with E-state index < -0.39 is 5.82 Å². The molecule has 3 rings (SSSR count). The van der Waals surface area contributed by atoms with E-state index in [2.05, 4.69) is 12.2 Å². The first kappa shape index (κ1) is 16.7. The standard InChI is InChI=1S/C19H22FNO3/c20-17-8-4-3-7-16(17)19(23)21-11-9-15(10-12-21)24-18(22)13-14-5-1-2-6-14/h1,3-5,7-8,14-15H,2,6,9-13H2/t14-/m0/s1. The van der Waals surface area contributed by atoms with Crippen LogP contribution in [0.4, 0.5) is 4.39 Å². The van der Waals surface area contributed by atoms with E-state index in [1.54, 1.807) is 17.0 Å². The number of halogens is 1. The van der Waals surface area contributed by atoms with Gasteiger partial charge in [-0.1, -0.05) is 24.3 Å². The summed E-state index contributed by atoms with van der Waals surface area (Å²) in [7, 11) is 0. The molecule has 5 heteroatoms. The zero-order chi connectivity index (χ0) is 16.9. The van der Waals surface area contributed by atoms with Gasteiger partial charge in [-0.05, 0) is 30.9 Å². The largest absolute Gasteiger partial charge is 0.462 e. The lowest BCUT2D eigenvalue weighted by Crippen LogP contribution is -2.41. The van der Waals surface area contributed by atoms with E-state index in [9.17, 15) is 14.0 Å². The third kappa shape index (κ3) is 4.02. The highest BCUT2D eigenvalue weighted by molar-refractivity contribution is 5.94. The molecule has 1 heterocycles. The first-order chi connectivity index (χ1) is 11.6. The van der Waals surface area contributed by atoms with Gasteiger partial charge in [-0.25, -0.2) is 4.39 Å². The number of piperidine rings is 1. The fraction of sp³-hybridized carbons (Fsp3) is 0.474. The molecule has 0 spiro atoms. The highest BCUT2D eigenvalue weighted by Crippen LogP contribution is 2.23. The third-order valence-electron chi connectivity index (χ3n) is 4.67. The van der Waals surface area contributed by atoms with Gasteiger partial charge >= 0.3 is 5.97 Å². The Morgan fingerprint density at radius 1 is 1.17 bits per heavy atom. The number of hydrogen-bond donors (Lipinski definition) is 0. The molecular formula is C19H22FNO3. The third-order valence-corrected chi connectivity index (χ3v) is 4.67. The molecular weight excluding hydrogens is 309 g/mol. The predicted molar refractivity (Wildman–Crippen MR) is 87.9 cm³/mol. The molecule has 0 radical (unpaired) electrons. The van der Waals surface area contributed by atoms with E-state index in [0.717, 1.165) is 12.8 Å². The number of amides is 1. The van der Waals surface area contributed by atoms with E-state index >= 15 is 0 Å². The highest BCUT2D eigenvalue weighted by atomic mass is 19.1. The van der Waals surface area contributed by atoms with Crippen molar-refractivity contribution in [3.05, 3.63) is 47.8 Å². The van der Waals surface area contributed by atoms with Crippen molar-refractivity contribution in [2.24, 2.45) is 5.92 Å². The van der Waals surface area contributed by atoms with Gasteiger partial charge in [0, 0.05) is 25.9 Å². The SMILES string of the molecule is O=C(C[C@H]1C=CCC1)OC1CCN(C(=O)c2ccccc2F)CC1. The number of carbonyl (C=O) groups excluding carboxylic acids is 2. The lowest BCUT2D eigenvalue weighted by atomic mass is 10.0. The van der Waals surface area contributed by atoms with E-state index in [1.165, 1.54) is 12.1 Å². The molecule has 1 atom stereocenters. The zero-order valence-electron chi connectivity index (χ0n) is 13.6. The smallest absolute Gasteiger partial charge is 0.306 e. The van der Waals surface area contributed by atoms with Crippen LogP contribution in [0.5, 0.6) is 0 Å². The zero-order valence-corrected chi connectivity index (χ0v) is 13.6. The second kappa shape index (κ2) is 7.60. The number of esters is 1. The van der Waals surface area contributed by atoms with E-state index in [0.29, 0.717) is 38.3 Å². The number of carbonyl (C=O) groups is 2. The Labute approximate surface area is 141 Å². The van der Waals surface area contributed by atoms with Crippen molar-refractivity contribution in [3.63, 3.8) is 0 Å².